The Balaban J connectivity index is 1.61. The number of aromatic nitrogens is 2. The minimum absolute atomic E-state index is 0.117. The van der Waals surface area contributed by atoms with Gasteiger partial charge in [-0.05, 0) is 116 Å². The molecule has 0 bridgehead atoms. The number of halogens is 6. The maximum Gasteiger partial charge on any atom is 0.420 e. The van der Waals surface area contributed by atoms with Gasteiger partial charge >= 0.3 is 6.18 Å². The number of fused-ring (bicyclic) bond motifs is 6. The fourth-order valence-corrected chi connectivity index (χ4v) is 8.61. The van der Waals surface area contributed by atoms with Crippen molar-refractivity contribution in [2.75, 3.05) is 0 Å². The molecule has 0 fully saturated rings. The van der Waals surface area contributed by atoms with Crippen LogP contribution in [0.4, 0.5) is 26.3 Å². The molecule has 8 heteroatoms. The van der Waals surface area contributed by atoms with Crippen LogP contribution in [0.5, 0.6) is 0 Å². The van der Waals surface area contributed by atoms with Gasteiger partial charge in [-0.25, -0.2) is 13.2 Å². The van der Waals surface area contributed by atoms with E-state index in [1.165, 1.54) is 12.1 Å². The summed E-state index contributed by atoms with van der Waals surface area (Å²) in [6.07, 6.45) is -4.98. The minimum Gasteiger partial charge on any atom is -0.309 e. The van der Waals surface area contributed by atoms with Crippen molar-refractivity contribution in [1.29, 1.82) is 0 Å². The first kappa shape index (κ1) is 42.2. The van der Waals surface area contributed by atoms with Crippen LogP contribution in [0.1, 0.15) is 111 Å². The van der Waals surface area contributed by atoms with Crippen molar-refractivity contribution in [1.82, 2.24) is 9.13 Å². The lowest BCUT2D eigenvalue weighted by Gasteiger charge is -2.24. The Morgan fingerprint density at radius 3 is 0.984 bits per heavy atom. The molecular weight excluding hydrogens is 779 g/mol. The first-order chi connectivity index (χ1) is 28.1. The van der Waals surface area contributed by atoms with Gasteiger partial charge in [0.2, 0.25) is 0 Å². The van der Waals surface area contributed by atoms with E-state index in [9.17, 15) is 0 Å². The molecule has 0 radical (unpaired) electrons. The second kappa shape index (κ2) is 13.8. The highest BCUT2D eigenvalue weighted by atomic mass is 19.4. The van der Waals surface area contributed by atoms with Crippen molar-refractivity contribution in [3.05, 3.63) is 142 Å². The molecule has 0 aliphatic rings. The second-order valence-electron chi connectivity index (χ2n) is 20.7. The third kappa shape index (κ3) is 7.19. The van der Waals surface area contributed by atoms with Crippen LogP contribution in [0.3, 0.4) is 0 Å². The van der Waals surface area contributed by atoms with Crippen LogP contribution < -0.4 is 0 Å². The van der Waals surface area contributed by atoms with E-state index in [4.69, 9.17) is 0 Å². The molecule has 61 heavy (non-hydrogen) atoms. The molecule has 316 valence electrons. The number of nitrogens with zero attached hydrogens (tertiary/aromatic N) is 2. The van der Waals surface area contributed by atoms with Crippen molar-refractivity contribution in [2.45, 2.75) is 111 Å². The van der Waals surface area contributed by atoms with Gasteiger partial charge in [-0.1, -0.05) is 107 Å². The molecular formula is C53H52F6N2. The zero-order valence-corrected chi connectivity index (χ0v) is 36.9. The summed E-state index contributed by atoms with van der Waals surface area (Å²) in [5.74, 6) is -3.86. The van der Waals surface area contributed by atoms with Crippen LogP contribution in [0.25, 0.3) is 66.1 Å². The standard InChI is InChI=1S/C53H52F6N2/c1-49(2,3)30-13-17-41-36(23-30)37-24-31(50(4,5)6)14-18-42(37)60(41)45-21-29(35-27-34(54)28-40(55)48(35)56)22-46(47(45)53(57,58)59)61-43-19-15-32(51(7,8)9)25-38(43)39-26-33(52(10,11)12)16-20-44(39)61/h13-28H,1-12H3. The fraction of sp³-hybridized carbons (Fsp3) is 0.321. The summed E-state index contributed by atoms with van der Waals surface area (Å²) in [5, 5.41) is 2.99. The third-order valence-corrected chi connectivity index (χ3v) is 12.2. The Morgan fingerprint density at radius 2 is 0.705 bits per heavy atom. The Kier molecular flexibility index (Phi) is 9.51. The maximum atomic E-state index is 16.5. The predicted molar refractivity (Wildman–Crippen MR) is 240 cm³/mol. The van der Waals surface area contributed by atoms with E-state index in [0.29, 0.717) is 28.1 Å². The number of rotatable bonds is 3. The largest absolute Gasteiger partial charge is 0.420 e. The van der Waals surface area contributed by atoms with Crippen molar-refractivity contribution < 1.29 is 26.3 Å². The molecule has 2 heterocycles. The zero-order valence-electron chi connectivity index (χ0n) is 36.9. The summed E-state index contributed by atoms with van der Waals surface area (Å²) >= 11 is 0. The normalized spacial score (nSPS) is 13.4. The lowest BCUT2D eigenvalue weighted by atomic mass is 9.85. The highest BCUT2D eigenvalue weighted by Crippen LogP contribution is 2.48. The topological polar surface area (TPSA) is 9.86 Å². The minimum atomic E-state index is -4.98. The number of hydrogen-bond acceptors (Lipinski definition) is 0. The van der Waals surface area contributed by atoms with Crippen molar-refractivity contribution in [2.24, 2.45) is 0 Å². The van der Waals surface area contributed by atoms with Gasteiger partial charge in [0.1, 0.15) is 11.4 Å². The first-order valence-corrected chi connectivity index (χ1v) is 20.7. The lowest BCUT2D eigenvalue weighted by molar-refractivity contribution is -0.137. The molecule has 0 N–H and O–H groups in total. The number of alkyl halides is 3. The van der Waals surface area contributed by atoms with Crippen molar-refractivity contribution in [3.63, 3.8) is 0 Å². The molecule has 0 saturated heterocycles. The summed E-state index contributed by atoms with van der Waals surface area (Å²) in [4.78, 5) is 0. The summed E-state index contributed by atoms with van der Waals surface area (Å²) in [7, 11) is 0. The van der Waals surface area contributed by atoms with Gasteiger partial charge in [-0.3, -0.25) is 0 Å². The van der Waals surface area contributed by atoms with Crippen LogP contribution in [0.15, 0.2) is 97.1 Å². The molecule has 0 atom stereocenters. The Bertz CT molecular complexity index is 2760. The molecule has 2 nitrogen and oxygen atoms in total. The van der Waals surface area contributed by atoms with Crippen LogP contribution in [-0.2, 0) is 27.8 Å². The Hall–Kier alpha value is -5.50. The number of benzene rings is 6. The molecule has 0 amide bonds. The quantitative estimate of drug-likeness (QED) is 0.124. The van der Waals surface area contributed by atoms with Crippen LogP contribution in [0.2, 0.25) is 0 Å². The fourth-order valence-electron chi connectivity index (χ4n) is 8.61. The van der Waals surface area contributed by atoms with Crippen LogP contribution in [0, 0.1) is 17.5 Å². The van der Waals surface area contributed by atoms with Crippen LogP contribution >= 0.6 is 0 Å². The summed E-state index contributed by atoms with van der Waals surface area (Å²) < 4.78 is 98.8. The Morgan fingerprint density at radius 1 is 0.393 bits per heavy atom. The van der Waals surface area contributed by atoms with Gasteiger partial charge in [-0.2, -0.15) is 13.2 Å². The van der Waals surface area contributed by atoms with Gasteiger partial charge in [-0.15, -0.1) is 0 Å². The summed E-state index contributed by atoms with van der Waals surface area (Å²) in [6.45, 7) is 25.0. The van der Waals surface area contributed by atoms with Crippen LogP contribution in [-0.4, -0.2) is 9.13 Å². The van der Waals surface area contributed by atoms with E-state index in [2.05, 4.69) is 83.1 Å². The van der Waals surface area contributed by atoms with E-state index in [1.807, 2.05) is 72.8 Å². The molecule has 0 aliphatic carbocycles. The average molecular weight is 831 g/mol. The second-order valence-corrected chi connectivity index (χ2v) is 20.7. The average Bonchev–Trinajstić information content (AvgIpc) is 3.65. The maximum absolute atomic E-state index is 16.5. The van der Waals surface area contributed by atoms with Gasteiger partial charge in [0.25, 0.3) is 0 Å². The molecule has 2 aromatic heterocycles. The molecule has 0 unspecified atom stereocenters. The Labute approximate surface area is 353 Å². The highest BCUT2D eigenvalue weighted by molar-refractivity contribution is 6.12. The monoisotopic (exact) mass is 830 g/mol. The zero-order chi connectivity index (χ0) is 44.5. The van der Waals surface area contributed by atoms with Gasteiger partial charge in [0, 0.05) is 33.2 Å². The third-order valence-electron chi connectivity index (χ3n) is 12.2. The highest BCUT2D eigenvalue weighted by Gasteiger charge is 2.40. The summed E-state index contributed by atoms with van der Waals surface area (Å²) in [6, 6.07) is 26.9. The van der Waals surface area contributed by atoms with Crippen molar-refractivity contribution in [3.8, 4) is 22.5 Å². The SMILES string of the molecule is CC(C)(C)c1ccc2c(c1)c1cc(C(C)(C)C)ccc1n2-c1cc(-c2cc(F)cc(F)c2F)cc(-n2c3ccc(C(C)(C)C)cc3c3cc(C(C)(C)C)ccc32)c1C(F)(F)F. The van der Waals surface area contributed by atoms with E-state index in [-0.39, 0.29) is 38.6 Å². The smallest absolute Gasteiger partial charge is 0.309 e. The first-order valence-electron chi connectivity index (χ1n) is 20.7. The predicted octanol–water partition coefficient (Wildman–Crippen LogP) is 16.2. The van der Waals surface area contributed by atoms with E-state index < -0.39 is 34.8 Å². The number of hydrogen-bond donors (Lipinski definition) is 0. The van der Waals surface area contributed by atoms with E-state index in [1.54, 1.807) is 9.13 Å². The molecule has 0 saturated carbocycles. The van der Waals surface area contributed by atoms with Gasteiger partial charge < -0.3 is 9.13 Å². The van der Waals surface area contributed by atoms with Gasteiger partial charge in [0.15, 0.2) is 11.6 Å². The van der Waals surface area contributed by atoms with Gasteiger partial charge in [0.05, 0.1) is 33.4 Å². The van der Waals surface area contributed by atoms with Crippen molar-refractivity contribution >= 4 is 43.6 Å². The summed E-state index contributed by atoms with van der Waals surface area (Å²) in [5.41, 5.74) is 2.70. The van der Waals surface area contributed by atoms with E-state index in [0.717, 1.165) is 49.9 Å². The molecule has 8 aromatic rings. The molecule has 0 spiro atoms. The molecule has 8 rings (SSSR count). The molecule has 6 aromatic carbocycles. The lowest BCUT2D eigenvalue weighted by Crippen LogP contribution is -2.16. The molecule has 0 aliphatic heterocycles. The van der Waals surface area contributed by atoms with E-state index >= 15 is 26.3 Å².